The van der Waals surface area contributed by atoms with Gasteiger partial charge in [-0.15, -0.1) is 11.3 Å². The first kappa shape index (κ1) is 12.8. The first-order valence-electron chi connectivity index (χ1n) is 6.19. The molecule has 0 saturated heterocycles. The summed E-state index contributed by atoms with van der Waals surface area (Å²) in [5.74, 6) is -0.100. The van der Waals surface area contributed by atoms with Crippen LogP contribution in [0.3, 0.4) is 0 Å². The molecule has 98 valence electrons. The summed E-state index contributed by atoms with van der Waals surface area (Å²) in [6.07, 6.45) is 3.32. The molecule has 1 aliphatic rings. The number of hydrogen-bond acceptors (Lipinski definition) is 3. The van der Waals surface area contributed by atoms with E-state index in [2.05, 4.69) is 26.2 Å². The molecule has 1 amide bonds. The number of carbonyl (C=O) groups is 1. The average Bonchev–Trinajstić information content (AvgIpc) is 2.88. The lowest BCUT2D eigenvalue weighted by Gasteiger charge is -2.04. The molecular weight excluding hydrogens is 324 g/mol. The number of nitrogens with one attached hydrogen (secondary N) is 1. The van der Waals surface area contributed by atoms with Gasteiger partial charge in [0.15, 0.2) is 5.13 Å². The van der Waals surface area contributed by atoms with Crippen LogP contribution in [0.1, 0.15) is 32.9 Å². The third-order valence-electron chi connectivity index (χ3n) is 3.12. The Kier molecular flexibility index (Phi) is 3.41. The summed E-state index contributed by atoms with van der Waals surface area (Å²) in [6, 6.07) is 5.68. The lowest BCUT2D eigenvalue weighted by molar-refractivity contribution is 0.102. The van der Waals surface area contributed by atoms with Crippen LogP contribution in [0.25, 0.3) is 0 Å². The monoisotopic (exact) mass is 336 g/mol. The Balaban J connectivity index is 1.80. The Labute approximate surface area is 124 Å². The van der Waals surface area contributed by atoms with Gasteiger partial charge in [-0.1, -0.05) is 15.9 Å². The van der Waals surface area contributed by atoms with Crippen LogP contribution in [-0.4, -0.2) is 10.9 Å². The molecule has 5 heteroatoms. The number of aromatic nitrogens is 1. The van der Waals surface area contributed by atoms with E-state index in [1.165, 1.54) is 11.3 Å². The number of amides is 1. The first-order chi connectivity index (χ1) is 9.11. The van der Waals surface area contributed by atoms with Crippen LogP contribution >= 0.6 is 27.3 Å². The number of rotatable bonds is 2. The number of carbonyl (C=O) groups excluding carboxylic acids is 1. The molecule has 0 saturated carbocycles. The predicted octanol–water partition coefficient (Wildman–Crippen LogP) is 3.96. The molecule has 1 heterocycles. The highest BCUT2D eigenvalue weighted by atomic mass is 79.9. The van der Waals surface area contributed by atoms with Gasteiger partial charge in [0, 0.05) is 14.9 Å². The van der Waals surface area contributed by atoms with Crippen LogP contribution in [0.2, 0.25) is 0 Å². The van der Waals surface area contributed by atoms with Crippen LogP contribution < -0.4 is 5.32 Å². The van der Waals surface area contributed by atoms with Crippen molar-refractivity contribution in [2.75, 3.05) is 5.32 Å². The highest BCUT2D eigenvalue weighted by molar-refractivity contribution is 9.10. The Morgan fingerprint density at radius 3 is 2.95 bits per heavy atom. The summed E-state index contributed by atoms with van der Waals surface area (Å²) in [6.45, 7) is 1.97. The standard InChI is InChI=1S/C14H13BrN2OS/c1-8-5-9(7-10(15)6-8)13(18)17-14-16-11-3-2-4-12(11)19-14/h5-7H,2-4H2,1H3,(H,16,17,18). The Hall–Kier alpha value is -1.20. The molecule has 0 aliphatic heterocycles. The fourth-order valence-corrected chi connectivity index (χ4v) is 3.93. The van der Waals surface area contributed by atoms with Crippen molar-refractivity contribution in [2.45, 2.75) is 26.2 Å². The van der Waals surface area contributed by atoms with Crippen molar-refractivity contribution in [3.63, 3.8) is 0 Å². The van der Waals surface area contributed by atoms with E-state index in [4.69, 9.17) is 0 Å². The zero-order chi connectivity index (χ0) is 13.4. The van der Waals surface area contributed by atoms with Gasteiger partial charge >= 0.3 is 0 Å². The van der Waals surface area contributed by atoms with Crippen LogP contribution in [0, 0.1) is 6.92 Å². The number of thiazole rings is 1. The van der Waals surface area contributed by atoms with Crippen molar-refractivity contribution in [3.05, 3.63) is 44.4 Å². The molecule has 0 atom stereocenters. The second-order valence-electron chi connectivity index (χ2n) is 4.71. The van der Waals surface area contributed by atoms with Gasteiger partial charge in [0.1, 0.15) is 0 Å². The third-order valence-corrected chi connectivity index (χ3v) is 4.65. The molecule has 0 fully saturated rings. The molecule has 2 aromatic rings. The van der Waals surface area contributed by atoms with E-state index in [-0.39, 0.29) is 5.91 Å². The van der Waals surface area contributed by atoms with Crippen molar-refractivity contribution in [1.82, 2.24) is 4.98 Å². The second kappa shape index (κ2) is 5.06. The number of aryl methyl sites for hydroxylation is 3. The maximum Gasteiger partial charge on any atom is 0.257 e. The van der Waals surface area contributed by atoms with Gasteiger partial charge in [-0.3, -0.25) is 10.1 Å². The van der Waals surface area contributed by atoms with Gasteiger partial charge in [-0.05, 0) is 49.9 Å². The van der Waals surface area contributed by atoms with E-state index in [0.29, 0.717) is 10.7 Å². The van der Waals surface area contributed by atoms with Crippen LogP contribution in [0.15, 0.2) is 22.7 Å². The highest BCUT2D eigenvalue weighted by Gasteiger charge is 2.18. The summed E-state index contributed by atoms with van der Waals surface area (Å²) >= 11 is 5.01. The van der Waals surface area contributed by atoms with Crippen molar-refractivity contribution in [1.29, 1.82) is 0 Å². The number of anilines is 1. The molecular formula is C14H13BrN2OS. The first-order valence-corrected chi connectivity index (χ1v) is 7.80. The Morgan fingerprint density at radius 2 is 2.21 bits per heavy atom. The zero-order valence-electron chi connectivity index (χ0n) is 10.5. The molecule has 1 aromatic carbocycles. The maximum atomic E-state index is 12.2. The fourth-order valence-electron chi connectivity index (χ4n) is 2.28. The highest BCUT2D eigenvalue weighted by Crippen LogP contribution is 2.30. The molecule has 0 bridgehead atoms. The summed E-state index contributed by atoms with van der Waals surface area (Å²) in [5.41, 5.74) is 2.87. The lowest BCUT2D eigenvalue weighted by Crippen LogP contribution is -2.12. The van der Waals surface area contributed by atoms with E-state index in [1.54, 1.807) is 11.3 Å². The molecule has 19 heavy (non-hydrogen) atoms. The van der Waals surface area contributed by atoms with E-state index < -0.39 is 0 Å². The van der Waals surface area contributed by atoms with Gasteiger partial charge in [-0.2, -0.15) is 0 Å². The van der Waals surface area contributed by atoms with Gasteiger partial charge in [0.05, 0.1) is 5.69 Å². The quantitative estimate of drug-likeness (QED) is 0.901. The van der Waals surface area contributed by atoms with Crippen molar-refractivity contribution < 1.29 is 4.79 Å². The molecule has 1 aliphatic carbocycles. The second-order valence-corrected chi connectivity index (χ2v) is 6.71. The molecule has 3 rings (SSSR count). The minimum absolute atomic E-state index is 0.100. The maximum absolute atomic E-state index is 12.2. The van der Waals surface area contributed by atoms with E-state index in [9.17, 15) is 4.79 Å². The minimum atomic E-state index is -0.100. The third kappa shape index (κ3) is 2.72. The molecule has 1 aromatic heterocycles. The van der Waals surface area contributed by atoms with Gasteiger partial charge in [0.2, 0.25) is 0 Å². The van der Waals surface area contributed by atoms with Gasteiger partial charge in [-0.25, -0.2) is 4.98 Å². The van der Waals surface area contributed by atoms with Gasteiger partial charge in [0.25, 0.3) is 5.91 Å². The fraction of sp³-hybridized carbons (Fsp3) is 0.286. The minimum Gasteiger partial charge on any atom is -0.298 e. The van der Waals surface area contributed by atoms with Crippen molar-refractivity contribution in [3.8, 4) is 0 Å². The average molecular weight is 337 g/mol. The SMILES string of the molecule is Cc1cc(Br)cc(C(=O)Nc2nc3c(s2)CCC3)c1. The topological polar surface area (TPSA) is 42.0 Å². The van der Waals surface area contributed by atoms with Gasteiger partial charge < -0.3 is 0 Å². The Bertz CT molecular complexity index is 609. The predicted molar refractivity (Wildman–Crippen MR) is 81.0 cm³/mol. The number of fused-ring (bicyclic) bond motifs is 1. The molecule has 1 N–H and O–H groups in total. The van der Waals surface area contributed by atoms with Crippen LogP contribution in [-0.2, 0) is 12.8 Å². The zero-order valence-corrected chi connectivity index (χ0v) is 12.9. The number of halogens is 1. The molecule has 0 spiro atoms. The Morgan fingerprint density at radius 1 is 1.37 bits per heavy atom. The smallest absolute Gasteiger partial charge is 0.257 e. The lowest BCUT2D eigenvalue weighted by atomic mass is 10.1. The normalized spacial score (nSPS) is 13.4. The number of hydrogen-bond donors (Lipinski definition) is 1. The largest absolute Gasteiger partial charge is 0.298 e. The summed E-state index contributed by atoms with van der Waals surface area (Å²) < 4.78 is 0.916. The molecule has 0 unspecified atom stereocenters. The van der Waals surface area contributed by atoms with Crippen LogP contribution in [0.5, 0.6) is 0 Å². The van der Waals surface area contributed by atoms with Crippen molar-refractivity contribution in [2.24, 2.45) is 0 Å². The van der Waals surface area contributed by atoms with Crippen LogP contribution in [0.4, 0.5) is 5.13 Å². The summed E-state index contributed by atoms with van der Waals surface area (Å²) in [7, 11) is 0. The number of benzene rings is 1. The van der Waals surface area contributed by atoms with E-state index >= 15 is 0 Å². The molecule has 0 radical (unpaired) electrons. The summed E-state index contributed by atoms with van der Waals surface area (Å²) in [5, 5.41) is 3.60. The van der Waals surface area contributed by atoms with E-state index in [1.807, 2.05) is 25.1 Å². The molecule has 3 nitrogen and oxygen atoms in total. The number of nitrogens with zero attached hydrogens (tertiary/aromatic N) is 1. The van der Waals surface area contributed by atoms with E-state index in [0.717, 1.165) is 28.6 Å². The van der Waals surface area contributed by atoms with Crippen molar-refractivity contribution >= 4 is 38.3 Å². The summed E-state index contributed by atoms with van der Waals surface area (Å²) in [4.78, 5) is 18.0.